The second-order valence-corrected chi connectivity index (χ2v) is 4.08. The number of nitriles is 1. The molecular formula is C11H9BrN2O2. The third kappa shape index (κ3) is 2.02. The van der Waals surface area contributed by atoms with E-state index in [0.29, 0.717) is 23.1 Å². The van der Waals surface area contributed by atoms with Gasteiger partial charge in [-0.25, -0.2) is 4.79 Å². The molecule has 2 rings (SSSR count). The molecule has 5 heteroatoms. The molecule has 0 bridgehead atoms. The van der Waals surface area contributed by atoms with E-state index in [2.05, 4.69) is 15.9 Å². The Morgan fingerprint density at radius 3 is 3.06 bits per heavy atom. The molecule has 0 N–H and O–H groups in total. The van der Waals surface area contributed by atoms with Gasteiger partial charge >= 0.3 is 6.09 Å². The fraction of sp³-hybridized carbons (Fsp3) is 0.273. The first-order valence-corrected chi connectivity index (χ1v) is 5.91. The first-order chi connectivity index (χ1) is 7.74. The van der Waals surface area contributed by atoms with E-state index in [9.17, 15) is 4.79 Å². The molecule has 0 aliphatic carbocycles. The van der Waals surface area contributed by atoms with E-state index in [-0.39, 0.29) is 12.2 Å². The quantitative estimate of drug-likeness (QED) is 0.781. The number of amides is 1. The number of cyclic esters (lactones) is 1. The Bertz CT molecular complexity index is 456. The van der Waals surface area contributed by atoms with Gasteiger partial charge in [0.05, 0.1) is 18.2 Å². The minimum Gasteiger partial charge on any atom is -0.443 e. The topological polar surface area (TPSA) is 53.3 Å². The zero-order valence-corrected chi connectivity index (χ0v) is 9.98. The highest BCUT2D eigenvalue weighted by molar-refractivity contribution is 9.09. The molecule has 1 atom stereocenters. The van der Waals surface area contributed by atoms with Gasteiger partial charge in [-0.1, -0.05) is 22.0 Å². The molecule has 1 aromatic rings. The average molecular weight is 281 g/mol. The van der Waals surface area contributed by atoms with Crippen molar-refractivity contribution in [2.24, 2.45) is 0 Å². The van der Waals surface area contributed by atoms with Crippen LogP contribution in [0.1, 0.15) is 5.56 Å². The third-order valence-electron chi connectivity index (χ3n) is 2.33. The van der Waals surface area contributed by atoms with Crippen molar-refractivity contribution in [2.75, 3.05) is 16.8 Å². The van der Waals surface area contributed by atoms with E-state index < -0.39 is 0 Å². The van der Waals surface area contributed by atoms with Crippen molar-refractivity contribution in [3.05, 3.63) is 29.8 Å². The molecule has 16 heavy (non-hydrogen) atoms. The zero-order valence-electron chi connectivity index (χ0n) is 8.39. The van der Waals surface area contributed by atoms with Crippen LogP contribution in [0.15, 0.2) is 24.3 Å². The van der Waals surface area contributed by atoms with Crippen molar-refractivity contribution in [3.8, 4) is 6.07 Å². The van der Waals surface area contributed by atoms with Crippen LogP contribution in [0.25, 0.3) is 0 Å². The lowest BCUT2D eigenvalue weighted by Gasteiger charge is -2.12. The fourth-order valence-electron chi connectivity index (χ4n) is 1.56. The maximum atomic E-state index is 11.5. The Morgan fingerprint density at radius 2 is 2.44 bits per heavy atom. The van der Waals surface area contributed by atoms with Gasteiger partial charge in [0.1, 0.15) is 6.10 Å². The number of carbonyl (C=O) groups excluding carboxylic acids is 1. The lowest BCUT2D eigenvalue weighted by molar-refractivity contribution is 0.152. The van der Waals surface area contributed by atoms with E-state index in [4.69, 9.17) is 10.00 Å². The third-order valence-corrected chi connectivity index (χ3v) is 3.06. The summed E-state index contributed by atoms with van der Waals surface area (Å²) in [4.78, 5) is 13.1. The predicted octanol–water partition coefficient (Wildman–Crippen LogP) is 2.28. The number of halogens is 1. The van der Waals surface area contributed by atoms with Crippen LogP contribution >= 0.6 is 15.9 Å². The smallest absolute Gasteiger partial charge is 0.414 e. The molecule has 0 saturated carbocycles. The first-order valence-electron chi connectivity index (χ1n) is 4.79. The predicted molar refractivity (Wildman–Crippen MR) is 62.6 cm³/mol. The van der Waals surface area contributed by atoms with E-state index in [0.717, 1.165) is 0 Å². The monoisotopic (exact) mass is 280 g/mol. The minimum absolute atomic E-state index is 0.127. The van der Waals surface area contributed by atoms with Crippen molar-refractivity contribution in [2.45, 2.75) is 6.10 Å². The van der Waals surface area contributed by atoms with Crippen molar-refractivity contribution in [3.63, 3.8) is 0 Å². The zero-order chi connectivity index (χ0) is 11.5. The molecule has 1 heterocycles. The number of alkyl halides is 1. The van der Waals surface area contributed by atoms with E-state index in [1.165, 1.54) is 4.90 Å². The molecule has 0 radical (unpaired) electrons. The normalized spacial score (nSPS) is 19.4. The van der Waals surface area contributed by atoms with Crippen LogP contribution in [0.2, 0.25) is 0 Å². The van der Waals surface area contributed by atoms with Crippen LogP contribution in [0.4, 0.5) is 10.5 Å². The van der Waals surface area contributed by atoms with Crippen LogP contribution < -0.4 is 4.90 Å². The summed E-state index contributed by atoms with van der Waals surface area (Å²) in [6, 6.07) is 8.97. The molecule has 1 saturated heterocycles. The largest absolute Gasteiger partial charge is 0.443 e. The van der Waals surface area contributed by atoms with Gasteiger partial charge in [0.2, 0.25) is 0 Å². The van der Waals surface area contributed by atoms with Crippen molar-refractivity contribution < 1.29 is 9.53 Å². The summed E-state index contributed by atoms with van der Waals surface area (Å²) in [5, 5.41) is 9.39. The van der Waals surface area contributed by atoms with Gasteiger partial charge in [0.15, 0.2) is 0 Å². The Balaban J connectivity index is 2.25. The van der Waals surface area contributed by atoms with Crippen molar-refractivity contribution in [1.29, 1.82) is 5.26 Å². The number of hydrogen-bond donors (Lipinski definition) is 0. The molecule has 0 spiro atoms. The van der Waals surface area contributed by atoms with Gasteiger partial charge in [-0.05, 0) is 18.2 Å². The summed E-state index contributed by atoms with van der Waals surface area (Å²) in [6.07, 6.45) is -0.488. The summed E-state index contributed by atoms with van der Waals surface area (Å²) < 4.78 is 5.11. The maximum absolute atomic E-state index is 11.5. The number of benzene rings is 1. The molecule has 1 unspecified atom stereocenters. The number of ether oxygens (including phenoxy) is 1. The maximum Gasteiger partial charge on any atom is 0.414 e. The highest BCUT2D eigenvalue weighted by Gasteiger charge is 2.31. The van der Waals surface area contributed by atoms with Crippen LogP contribution in [0, 0.1) is 11.3 Å². The molecule has 4 nitrogen and oxygen atoms in total. The number of hydrogen-bond acceptors (Lipinski definition) is 3. The highest BCUT2D eigenvalue weighted by Crippen LogP contribution is 2.22. The Hall–Kier alpha value is -1.54. The number of rotatable bonds is 2. The van der Waals surface area contributed by atoms with Gasteiger partial charge in [0.25, 0.3) is 0 Å². The lowest BCUT2D eigenvalue weighted by atomic mass is 10.2. The summed E-state index contributed by atoms with van der Waals surface area (Å²) in [5.41, 5.74) is 1.24. The van der Waals surface area contributed by atoms with Crippen LogP contribution in [0.5, 0.6) is 0 Å². The van der Waals surface area contributed by atoms with Gasteiger partial charge in [-0.15, -0.1) is 0 Å². The molecule has 1 aliphatic rings. The SMILES string of the molecule is N#Cc1cccc(N2CC(CBr)OC2=O)c1. The van der Waals surface area contributed by atoms with Gasteiger partial charge in [-0.3, -0.25) is 4.90 Å². The van der Waals surface area contributed by atoms with Gasteiger partial charge < -0.3 is 4.74 Å². The Labute approximate surface area is 102 Å². The van der Waals surface area contributed by atoms with Crippen LogP contribution in [-0.2, 0) is 4.74 Å². The second-order valence-electron chi connectivity index (χ2n) is 3.43. The highest BCUT2D eigenvalue weighted by atomic mass is 79.9. The van der Waals surface area contributed by atoms with Gasteiger partial charge in [0, 0.05) is 11.0 Å². The molecule has 1 fully saturated rings. The number of carbonyl (C=O) groups is 1. The summed E-state index contributed by atoms with van der Waals surface area (Å²) in [7, 11) is 0. The van der Waals surface area contributed by atoms with Crippen LogP contribution in [0.3, 0.4) is 0 Å². The van der Waals surface area contributed by atoms with E-state index in [1.54, 1.807) is 24.3 Å². The Morgan fingerprint density at radius 1 is 1.62 bits per heavy atom. The van der Waals surface area contributed by atoms with Crippen molar-refractivity contribution in [1.82, 2.24) is 0 Å². The molecule has 0 aromatic heterocycles. The molecule has 82 valence electrons. The first kappa shape index (κ1) is 11.0. The summed E-state index contributed by atoms with van der Waals surface area (Å²) >= 11 is 3.28. The fourth-order valence-corrected chi connectivity index (χ4v) is 1.89. The van der Waals surface area contributed by atoms with Crippen LogP contribution in [-0.4, -0.2) is 24.1 Å². The molecule has 1 aromatic carbocycles. The Kier molecular flexibility index (Phi) is 3.11. The lowest BCUT2D eigenvalue weighted by Crippen LogP contribution is -2.24. The molecular weight excluding hydrogens is 272 g/mol. The van der Waals surface area contributed by atoms with E-state index in [1.807, 2.05) is 6.07 Å². The molecule has 1 amide bonds. The summed E-state index contributed by atoms with van der Waals surface area (Å²) in [6.45, 7) is 0.513. The van der Waals surface area contributed by atoms with E-state index >= 15 is 0 Å². The minimum atomic E-state index is -0.362. The van der Waals surface area contributed by atoms with Crippen molar-refractivity contribution >= 4 is 27.7 Å². The number of nitrogens with zero attached hydrogens (tertiary/aromatic N) is 2. The number of anilines is 1. The average Bonchev–Trinajstić information content (AvgIpc) is 2.71. The standard InChI is InChI=1S/C11H9BrN2O2/c12-5-10-7-14(11(15)16-10)9-3-1-2-8(4-9)6-13/h1-4,10H,5,7H2. The second kappa shape index (κ2) is 4.54. The van der Waals surface area contributed by atoms with Gasteiger partial charge in [-0.2, -0.15) is 5.26 Å². The molecule has 1 aliphatic heterocycles. The summed E-state index contributed by atoms with van der Waals surface area (Å²) in [5.74, 6) is 0.